The lowest BCUT2D eigenvalue weighted by atomic mass is 9.87. The molecule has 1 N–H and O–H groups in total. The largest absolute Gasteiger partial charge is 0.481 e. The summed E-state index contributed by atoms with van der Waals surface area (Å²) in [6.07, 6.45) is 1.66. The van der Waals surface area contributed by atoms with Crippen LogP contribution in [0.2, 0.25) is 0 Å². The molecule has 0 spiro atoms. The van der Waals surface area contributed by atoms with E-state index < -0.39 is 5.97 Å². The Bertz CT molecular complexity index is 283. The summed E-state index contributed by atoms with van der Waals surface area (Å²) < 4.78 is 0. The second kappa shape index (κ2) is 6.89. The van der Waals surface area contributed by atoms with Crippen LogP contribution in [0.3, 0.4) is 0 Å². The Morgan fingerprint density at radius 1 is 1.47 bits per heavy atom. The topological polar surface area (TPSA) is 57.6 Å². The van der Waals surface area contributed by atoms with Gasteiger partial charge in [0.15, 0.2) is 0 Å². The lowest BCUT2D eigenvalue weighted by Gasteiger charge is -2.34. The van der Waals surface area contributed by atoms with E-state index in [0.717, 1.165) is 12.2 Å². The second-order valence-electron chi connectivity index (χ2n) is 4.60. The first-order valence-electron chi connectivity index (χ1n) is 6.14. The molecule has 2 unspecified atom stereocenters. The highest BCUT2D eigenvalue weighted by atomic mass is 32.2. The predicted molar refractivity (Wildman–Crippen MR) is 69.1 cm³/mol. The lowest BCUT2D eigenvalue weighted by molar-refractivity contribution is -0.147. The number of carbonyl (C=O) groups is 2. The van der Waals surface area contributed by atoms with Crippen molar-refractivity contribution in [3.05, 3.63) is 0 Å². The van der Waals surface area contributed by atoms with Crippen LogP contribution in [0.25, 0.3) is 0 Å². The van der Waals surface area contributed by atoms with Crippen molar-refractivity contribution in [2.45, 2.75) is 26.7 Å². The van der Waals surface area contributed by atoms with Gasteiger partial charge in [-0.3, -0.25) is 9.59 Å². The zero-order valence-corrected chi connectivity index (χ0v) is 11.3. The highest BCUT2D eigenvalue weighted by Crippen LogP contribution is 2.24. The third-order valence-electron chi connectivity index (χ3n) is 3.15. The Hall–Kier alpha value is -0.710. The summed E-state index contributed by atoms with van der Waals surface area (Å²) in [6, 6.07) is 0. The molecule has 0 aliphatic carbocycles. The lowest BCUT2D eigenvalue weighted by Crippen LogP contribution is -2.45. The molecule has 1 amide bonds. The molecule has 1 rings (SSSR count). The molecule has 0 bridgehead atoms. The number of carbonyl (C=O) groups excluding carboxylic acids is 1. The summed E-state index contributed by atoms with van der Waals surface area (Å²) in [5.41, 5.74) is 0. The minimum absolute atomic E-state index is 0.0568. The first-order valence-corrected chi connectivity index (χ1v) is 7.30. The van der Waals surface area contributed by atoms with E-state index in [2.05, 4.69) is 6.92 Å². The monoisotopic (exact) mass is 259 g/mol. The third-order valence-corrected chi connectivity index (χ3v) is 4.30. The molecular weight excluding hydrogens is 238 g/mol. The van der Waals surface area contributed by atoms with Gasteiger partial charge in [-0.1, -0.05) is 13.8 Å². The van der Waals surface area contributed by atoms with Crippen LogP contribution in [0.4, 0.5) is 0 Å². The molecule has 1 aliphatic rings. The number of hydrogen-bond acceptors (Lipinski definition) is 3. The Labute approximate surface area is 107 Å². The van der Waals surface area contributed by atoms with Crippen molar-refractivity contribution in [3.8, 4) is 0 Å². The van der Waals surface area contributed by atoms with Crippen molar-refractivity contribution in [2.24, 2.45) is 11.8 Å². The Morgan fingerprint density at radius 3 is 2.71 bits per heavy atom. The van der Waals surface area contributed by atoms with Gasteiger partial charge in [-0.05, 0) is 24.5 Å². The van der Waals surface area contributed by atoms with Gasteiger partial charge >= 0.3 is 5.97 Å². The van der Waals surface area contributed by atoms with Crippen LogP contribution < -0.4 is 0 Å². The summed E-state index contributed by atoms with van der Waals surface area (Å²) in [5, 5.41) is 9.00. The van der Waals surface area contributed by atoms with E-state index in [1.165, 1.54) is 0 Å². The van der Waals surface area contributed by atoms with Gasteiger partial charge in [0.05, 0.1) is 11.7 Å². The zero-order chi connectivity index (χ0) is 12.8. The standard InChI is InChI=1S/C12H21NO3S/c1-3-6-17-8-11(14)13-5-4-10(12(15)16)9(2)7-13/h9-10H,3-8H2,1-2H3,(H,15,16). The molecule has 5 heteroatoms. The van der Waals surface area contributed by atoms with Gasteiger partial charge in [0.25, 0.3) is 0 Å². The average Bonchev–Trinajstić information content (AvgIpc) is 2.28. The second-order valence-corrected chi connectivity index (χ2v) is 5.71. The molecule has 0 radical (unpaired) electrons. The van der Waals surface area contributed by atoms with Gasteiger partial charge in [-0.15, -0.1) is 0 Å². The quantitative estimate of drug-likeness (QED) is 0.763. The Morgan fingerprint density at radius 2 is 2.18 bits per heavy atom. The number of hydrogen-bond donors (Lipinski definition) is 1. The predicted octanol–water partition coefficient (Wildman–Crippen LogP) is 1.70. The van der Waals surface area contributed by atoms with Gasteiger partial charge < -0.3 is 10.0 Å². The van der Waals surface area contributed by atoms with Crippen LogP contribution in [0.1, 0.15) is 26.7 Å². The molecule has 98 valence electrons. The van der Waals surface area contributed by atoms with Crippen LogP contribution in [0.15, 0.2) is 0 Å². The van der Waals surface area contributed by atoms with E-state index in [4.69, 9.17) is 5.11 Å². The summed E-state index contributed by atoms with van der Waals surface area (Å²) in [6.45, 7) is 5.19. The number of amides is 1. The van der Waals surface area contributed by atoms with Crippen molar-refractivity contribution in [2.75, 3.05) is 24.6 Å². The molecule has 4 nitrogen and oxygen atoms in total. The fourth-order valence-corrected chi connectivity index (χ4v) is 2.92. The number of thioether (sulfide) groups is 1. The summed E-state index contributed by atoms with van der Waals surface area (Å²) in [7, 11) is 0. The maximum absolute atomic E-state index is 11.9. The first-order chi connectivity index (χ1) is 8.06. The highest BCUT2D eigenvalue weighted by molar-refractivity contribution is 7.99. The number of likely N-dealkylation sites (tertiary alicyclic amines) is 1. The van der Waals surface area contributed by atoms with Crippen molar-refractivity contribution < 1.29 is 14.7 Å². The summed E-state index contributed by atoms with van der Waals surface area (Å²) >= 11 is 1.66. The number of carboxylic acid groups (broad SMARTS) is 1. The summed E-state index contributed by atoms with van der Waals surface area (Å²) in [4.78, 5) is 24.6. The molecule has 0 saturated carbocycles. The maximum Gasteiger partial charge on any atom is 0.306 e. The highest BCUT2D eigenvalue weighted by Gasteiger charge is 2.32. The van der Waals surface area contributed by atoms with E-state index in [9.17, 15) is 9.59 Å². The molecular formula is C12H21NO3S. The first kappa shape index (κ1) is 14.4. The molecule has 1 aliphatic heterocycles. The van der Waals surface area contributed by atoms with E-state index >= 15 is 0 Å². The van der Waals surface area contributed by atoms with E-state index in [-0.39, 0.29) is 17.7 Å². The zero-order valence-electron chi connectivity index (χ0n) is 10.5. The number of rotatable bonds is 5. The third kappa shape index (κ3) is 4.22. The molecule has 1 fully saturated rings. The fraction of sp³-hybridized carbons (Fsp3) is 0.833. The van der Waals surface area contributed by atoms with Crippen LogP contribution in [0.5, 0.6) is 0 Å². The normalized spacial score (nSPS) is 24.7. The molecule has 0 aromatic carbocycles. The van der Waals surface area contributed by atoms with Gasteiger partial charge in [-0.2, -0.15) is 11.8 Å². The van der Waals surface area contributed by atoms with Crippen LogP contribution in [-0.4, -0.2) is 46.5 Å². The van der Waals surface area contributed by atoms with Gasteiger partial charge in [0.1, 0.15) is 0 Å². The SMILES string of the molecule is CCCSCC(=O)N1CCC(C(=O)O)C(C)C1. The smallest absolute Gasteiger partial charge is 0.306 e. The minimum atomic E-state index is -0.732. The van der Waals surface area contributed by atoms with E-state index in [1.54, 1.807) is 11.8 Å². The number of aliphatic carboxylic acids is 1. The molecule has 17 heavy (non-hydrogen) atoms. The van der Waals surface area contributed by atoms with Crippen molar-refractivity contribution >= 4 is 23.6 Å². The molecule has 2 atom stereocenters. The fourth-order valence-electron chi connectivity index (χ4n) is 2.13. The Kier molecular flexibility index (Phi) is 5.82. The van der Waals surface area contributed by atoms with Crippen molar-refractivity contribution in [1.82, 2.24) is 4.90 Å². The van der Waals surface area contributed by atoms with Crippen LogP contribution in [-0.2, 0) is 9.59 Å². The number of nitrogens with zero attached hydrogens (tertiary/aromatic N) is 1. The Balaban J connectivity index is 2.38. The van der Waals surface area contributed by atoms with E-state index in [0.29, 0.717) is 25.3 Å². The van der Waals surface area contributed by atoms with Crippen LogP contribution >= 0.6 is 11.8 Å². The molecule has 1 saturated heterocycles. The van der Waals surface area contributed by atoms with Gasteiger partial charge in [0, 0.05) is 13.1 Å². The number of carboxylic acids is 1. The van der Waals surface area contributed by atoms with Crippen LogP contribution in [0, 0.1) is 11.8 Å². The van der Waals surface area contributed by atoms with Crippen molar-refractivity contribution in [3.63, 3.8) is 0 Å². The molecule has 0 aromatic rings. The average molecular weight is 259 g/mol. The van der Waals surface area contributed by atoms with E-state index in [1.807, 2.05) is 11.8 Å². The van der Waals surface area contributed by atoms with Gasteiger partial charge in [-0.25, -0.2) is 0 Å². The van der Waals surface area contributed by atoms with Crippen molar-refractivity contribution in [1.29, 1.82) is 0 Å². The summed E-state index contributed by atoms with van der Waals surface area (Å²) in [5.74, 6) is 0.721. The minimum Gasteiger partial charge on any atom is -0.481 e. The molecule has 0 aromatic heterocycles. The maximum atomic E-state index is 11.9. The van der Waals surface area contributed by atoms with Gasteiger partial charge in [0.2, 0.25) is 5.91 Å². The molecule has 1 heterocycles. The number of piperidine rings is 1.